The van der Waals surface area contributed by atoms with Crippen molar-refractivity contribution in [3.8, 4) is 0 Å². The first kappa shape index (κ1) is 16.2. The van der Waals surface area contributed by atoms with Gasteiger partial charge in [-0.3, -0.25) is 14.2 Å². The van der Waals surface area contributed by atoms with Crippen molar-refractivity contribution in [3.05, 3.63) is 62.8 Å². The van der Waals surface area contributed by atoms with Crippen LogP contribution in [0.2, 0.25) is 5.02 Å². The lowest BCUT2D eigenvalue weighted by molar-refractivity contribution is -0.120. The lowest BCUT2D eigenvalue weighted by atomic mass is 10.1. The molecule has 0 saturated heterocycles. The average Bonchev–Trinajstić information content (AvgIpc) is 2.49. The highest BCUT2D eigenvalue weighted by atomic mass is 35.5. The third-order valence-corrected chi connectivity index (χ3v) is 3.72. The van der Waals surface area contributed by atoms with Crippen molar-refractivity contribution in [2.75, 3.05) is 6.54 Å². The topological polar surface area (TPSA) is 64.0 Å². The number of aromatic nitrogens is 2. The molecule has 0 aliphatic carbocycles. The summed E-state index contributed by atoms with van der Waals surface area (Å²) in [6, 6.07) is 7.15. The van der Waals surface area contributed by atoms with Gasteiger partial charge in [-0.25, -0.2) is 4.98 Å². The largest absolute Gasteiger partial charge is 0.354 e. The van der Waals surface area contributed by atoms with E-state index in [0.717, 1.165) is 11.3 Å². The maximum absolute atomic E-state index is 12.0. The van der Waals surface area contributed by atoms with Gasteiger partial charge >= 0.3 is 0 Å². The van der Waals surface area contributed by atoms with Crippen molar-refractivity contribution >= 4 is 17.5 Å². The van der Waals surface area contributed by atoms with Crippen molar-refractivity contribution < 1.29 is 4.79 Å². The van der Waals surface area contributed by atoms with Gasteiger partial charge in [-0.1, -0.05) is 23.7 Å². The number of halogens is 1. The van der Waals surface area contributed by atoms with E-state index in [1.807, 2.05) is 12.1 Å². The molecule has 0 bridgehead atoms. The van der Waals surface area contributed by atoms with E-state index in [9.17, 15) is 9.59 Å². The number of carbonyl (C=O) groups excluding carboxylic acids is 1. The molecule has 0 atom stereocenters. The van der Waals surface area contributed by atoms with E-state index in [4.69, 9.17) is 11.6 Å². The Bertz CT molecular complexity index is 723. The van der Waals surface area contributed by atoms with Crippen LogP contribution >= 0.6 is 11.6 Å². The van der Waals surface area contributed by atoms with Crippen LogP contribution in [0.15, 0.2) is 35.4 Å². The van der Waals surface area contributed by atoms with Crippen LogP contribution in [0.4, 0.5) is 0 Å². The van der Waals surface area contributed by atoms with Crippen molar-refractivity contribution in [1.29, 1.82) is 0 Å². The van der Waals surface area contributed by atoms with Gasteiger partial charge in [0.1, 0.15) is 0 Å². The summed E-state index contributed by atoms with van der Waals surface area (Å²) in [6.07, 6.45) is 1.80. The fourth-order valence-electron chi connectivity index (χ4n) is 2.00. The number of nitrogens with zero attached hydrogens (tertiary/aromatic N) is 2. The third kappa shape index (κ3) is 4.18. The molecule has 0 saturated carbocycles. The van der Waals surface area contributed by atoms with Crippen LogP contribution in [0.5, 0.6) is 0 Å². The maximum Gasteiger partial charge on any atom is 0.256 e. The summed E-state index contributed by atoms with van der Waals surface area (Å²) in [5.74, 6) is -0.0906. The van der Waals surface area contributed by atoms with Crippen LogP contribution in [0, 0.1) is 13.8 Å². The van der Waals surface area contributed by atoms with Gasteiger partial charge < -0.3 is 5.32 Å². The van der Waals surface area contributed by atoms with Crippen molar-refractivity contribution in [3.63, 3.8) is 0 Å². The Kier molecular flexibility index (Phi) is 5.33. The second kappa shape index (κ2) is 7.22. The third-order valence-electron chi connectivity index (χ3n) is 3.47. The normalized spacial score (nSPS) is 10.5. The molecule has 0 unspecified atom stereocenters. The first-order valence-corrected chi connectivity index (χ1v) is 7.39. The van der Waals surface area contributed by atoms with Gasteiger partial charge in [-0.15, -0.1) is 0 Å². The lowest BCUT2D eigenvalue weighted by Crippen LogP contribution is -2.32. The smallest absolute Gasteiger partial charge is 0.256 e. The van der Waals surface area contributed by atoms with Gasteiger partial charge in [0.25, 0.3) is 5.56 Å². The molecule has 1 aromatic carbocycles. The van der Waals surface area contributed by atoms with Gasteiger partial charge in [0.2, 0.25) is 5.91 Å². The van der Waals surface area contributed by atoms with E-state index in [-0.39, 0.29) is 17.9 Å². The van der Waals surface area contributed by atoms with Gasteiger partial charge in [-0.2, -0.15) is 0 Å². The molecule has 1 amide bonds. The number of amides is 1. The van der Waals surface area contributed by atoms with Crippen molar-refractivity contribution in [2.45, 2.75) is 26.8 Å². The number of nitrogens with one attached hydrogen (secondary N) is 1. The van der Waals surface area contributed by atoms with Gasteiger partial charge in [-0.05, 0) is 31.5 Å². The summed E-state index contributed by atoms with van der Waals surface area (Å²) in [7, 11) is 0. The first-order valence-electron chi connectivity index (χ1n) is 7.01. The summed E-state index contributed by atoms with van der Waals surface area (Å²) in [6.45, 7) is 4.34. The molecule has 6 heteroatoms. The van der Waals surface area contributed by atoms with Gasteiger partial charge in [0.05, 0.1) is 12.7 Å². The monoisotopic (exact) mass is 319 g/mol. The highest BCUT2D eigenvalue weighted by Gasteiger charge is 2.05. The first-order chi connectivity index (χ1) is 10.5. The standard InChI is InChI=1S/C16H18ClN3O2/c1-11-12(2)19-10-20(16(11)22)8-7-18-15(21)9-13-3-5-14(17)6-4-13/h3-6,10H,7-9H2,1-2H3,(H,18,21). The summed E-state index contributed by atoms with van der Waals surface area (Å²) >= 11 is 5.80. The molecule has 0 aliphatic rings. The number of hydrogen-bond acceptors (Lipinski definition) is 3. The zero-order chi connectivity index (χ0) is 16.1. The van der Waals surface area contributed by atoms with E-state index in [2.05, 4.69) is 10.3 Å². The maximum atomic E-state index is 12.0. The quantitative estimate of drug-likeness (QED) is 0.915. The van der Waals surface area contributed by atoms with Crippen LogP contribution in [0.25, 0.3) is 0 Å². The highest BCUT2D eigenvalue weighted by Crippen LogP contribution is 2.09. The lowest BCUT2D eigenvalue weighted by Gasteiger charge is -2.09. The Morgan fingerprint density at radius 1 is 1.27 bits per heavy atom. The molecular weight excluding hydrogens is 302 g/mol. The Labute approximate surface area is 134 Å². The van der Waals surface area contributed by atoms with Crippen LogP contribution in [-0.4, -0.2) is 22.0 Å². The number of rotatable bonds is 5. The molecular formula is C16H18ClN3O2. The minimum Gasteiger partial charge on any atom is -0.354 e. The second-order valence-electron chi connectivity index (χ2n) is 5.11. The SMILES string of the molecule is Cc1ncn(CCNC(=O)Cc2ccc(Cl)cc2)c(=O)c1C. The zero-order valence-electron chi connectivity index (χ0n) is 12.6. The Morgan fingerprint density at radius 3 is 2.64 bits per heavy atom. The molecule has 1 heterocycles. The average molecular weight is 320 g/mol. The number of benzene rings is 1. The predicted octanol–water partition coefficient (Wildman–Crippen LogP) is 1.87. The van der Waals surface area contributed by atoms with Crippen LogP contribution < -0.4 is 10.9 Å². The van der Waals surface area contributed by atoms with Gasteiger partial charge in [0, 0.05) is 29.4 Å². The zero-order valence-corrected chi connectivity index (χ0v) is 13.4. The number of hydrogen-bond donors (Lipinski definition) is 1. The fourth-order valence-corrected chi connectivity index (χ4v) is 2.13. The summed E-state index contributed by atoms with van der Waals surface area (Å²) < 4.78 is 1.50. The van der Waals surface area contributed by atoms with Crippen molar-refractivity contribution in [1.82, 2.24) is 14.9 Å². The predicted molar refractivity (Wildman–Crippen MR) is 86.1 cm³/mol. The molecule has 0 spiro atoms. The van der Waals surface area contributed by atoms with E-state index in [1.165, 1.54) is 10.9 Å². The van der Waals surface area contributed by atoms with E-state index >= 15 is 0 Å². The molecule has 2 rings (SSSR count). The van der Waals surface area contributed by atoms with Gasteiger partial charge in [0.15, 0.2) is 0 Å². The molecule has 1 N–H and O–H groups in total. The summed E-state index contributed by atoms with van der Waals surface area (Å²) in [4.78, 5) is 28.0. The summed E-state index contributed by atoms with van der Waals surface area (Å²) in [5, 5.41) is 3.44. The molecule has 2 aromatic rings. The van der Waals surface area contributed by atoms with Crippen LogP contribution in [0.3, 0.4) is 0 Å². The van der Waals surface area contributed by atoms with E-state index in [1.54, 1.807) is 26.0 Å². The molecule has 0 radical (unpaired) electrons. The minimum atomic E-state index is -0.0906. The van der Waals surface area contributed by atoms with E-state index < -0.39 is 0 Å². The highest BCUT2D eigenvalue weighted by molar-refractivity contribution is 6.30. The molecule has 5 nitrogen and oxygen atoms in total. The summed E-state index contributed by atoms with van der Waals surface area (Å²) in [5.41, 5.74) is 2.19. The van der Waals surface area contributed by atoms with E-state index in [0.29, 0.717) is 23.7 Å². The van der Waals surface area contributed by atoms with Crippen LogP contribution in [-0.2, 0) is 17.8 Å². The Morgan fingerprint density at radius 2 is 1.95 bits per heavy atom. The molecule has 0 aliphatic heterocycles. The minimum absolute atomic E-state index is 0.0700. The van der Waals surface area contributed by atoms with Crippen molar-refractivity contribution in [2.24, 2.45) is 0 Å². The molecule has 116 valence electrons. The number of aryl methyl sites for hydroxylation is 1. The fraction of sp³-hybridized carbons (Fsp3) is 0.312. The molecule has 1 aromatic heterocycles. The second-order valence-corrected chi connectivity index (χ2v) is 5.54. The Balaban J connectivity index is 1.86. The Hall–Kier alpha value is -2.14. The molecule has 0 fully saturated rings. The molecule has 22 heavy (non-hydrogen) atoms. The number of carbonyl (C=O) groups is 1. The van der Waals surface area contributed by atoms with Crippen LogP contribution in [0.1, 0.15) is 16.8 Å².